The lowest BCUT2D eigenvalue weighted by atomic mass is 10.2. The number of aliphatic hydroxyl groups excluding tert-OH is 1. The van der Waals surface area contributed by atoms with Crippen LogP contribution in [0.1, 0.15) is 24.8 Å². The Hall–Kier alpha value is -1.79. The first-order chi connectivity index (χ1) is 12.8. The Morgan fingerprint density at radius 3 is 2.18 bits per heavy atom. The van der Waals surface area contributed by atoms with Gasteiger partial charge in [-0.25, -0.2) is 8.42 Å². The summed E-state index contributed by atoms with van der Waals surface area (Å²) < 4.78 is 54.1. The third-order valence-corrected chi connectivity index (χ3v) is 7.98. The first kappa shape index (κ1) is 22.5. The molecule has 0 bridgehead atoms. The second-order valence-electron chi connectivity index (χ2n) is 7.15. The van der Waals surface area contributed by atoms with Gasteiger partial charge in [-0.05, 0) is 38.3 Å². The van der Waals surface area contributed by atoms with Gasteiger partial charge in [0, 0.05) is 5.92 Å². The minimum atomic E-state index is -4.02. The van der Waals surface area contributed by atoms with Crippen LogP contribution >= 0.6 is 0 Å². The maximum atomic E-state index is 11.9. The fourth-order valence-electron chi connectivity index (χ4n) is 2.55. The normalized spacial score (nSPS) is 25.1. The van der Waals surface area contributed by atoms with Gasteiger partial charge in [0.15, 0.2) is 0 Å². The summed E-state index contributed by atoms with van der Waals surface area (Å²) in [5, 5.41) is 9.04. The van der Waals surface area contributed by atoms with Crippen molar-refractivity contribution < 1.29 is 31.3 Å². The number of sulfonamides is 1. The smallest absolute Gasteiger partial charge is 0.294 e. The highest BCUT2D eigenvalue weighted by molar-refractivity contribution is 7.91. The second kappa shape index (κ2) is 7.56. The van der Waals surface area contributed by atoms with E-state index in [1.54, 1.807) is 18.2 Å². The number of hydrogen-bond donors (Lipinski definition) is 4. The number of aryl methyl sites for hydroxylation is 1. The average Bonchev–Trinajstić information content (AvgIpc) is 3.50. The van der Waals surface area contributed by atoms with Gasteiger partial charge in [-0.2, -0.15) is 8.42 Å². The average molecular weight is 433 g/mol. The van der Waals surface area contributed by atoms with Gasteiger partial charge in [0.2, 0.25) is 10.0 Å². The zero-order valence-corrected chi connectivity index (χ0v) is 17.0. The summed E-state index contributed by atoms with van der Waals surface area (Å²) in [5.74, 6) is -0.885. The van der Waals surface area contributed by atoms with Crippen LogP contribution in [0.5, 0.6) is 0 Å². The molecule has 2 saturated carbocycles. The molecule has 2 fully saturated rings. The molecule has 5 N–H and O–H groups in total. The standard InChI is InChI=1S/C10H16N2O4S.C7H8O3S/c1-2-7-5-10(7,11)8(14)12-17(15,16)9(6-13)3-4-9;1-6-2-4-7(5-3-6)11(8,9)10/h2,7,13H,1,3-6,11H2,(H,12,14);2-5H,1H3,(H,8,9,10). The molecule has 2 unspecified atom stereocenters. The number of benzene rings is 1. The SMILES string of the molecule is C=CC1CC1(N)C(=O)NS(=O)(=O)C1(CO)CC1.Cc1ccc(S(=O)(=O)O)cc1. The van der Waals surface area contributed by atoms with E-state index in [1.165, 1.54) is 12.1 Å². The Morgan fingerprint density at radius 2 is 1.82 bits per heavy atom. The minimum absolute atomic E-state index is 0.0666. The molecule has 1 amide bonds. The molecule has 156 valence electrons. The van der Waals surface area contributed by atoms with Gasteiger partial charge in [0.1, 0.15) is 10.3 Å². The van der Waals surface area contributed by atoms with Crippen LogP contribution in [0.4, 0.5) is 0 Å². The summed E-state index contributed by atoms with van der Waals surface area (Å²) in [6, 6.07) is 5.99. The van der Waals surface area contributed by atoms with Crippen molar-refractivity contribution in [3.63, 3.8) is 0 Å². The molecule has 9 nitrogen and oxygen atoms in total. The monoisotopic (exact) mass is 432 g/mol. The Kier molecular flexibility index (Phi) is 6.07. The molecule has 0 saturated heterocycles. The zero-order chi connectivity index (χ0) is 21.4. The van der Waals surface area contributed by atoms with Crippen molar-refractivity contribution in [2.75, 3.05) is 6.61 Å². The summed E-state index contributed by atoms with van der Waals surface area (Å²) >= 11 is 0. The minimum Gasteiger partial charge on any atom is -0.395 e. The predicted molar refractivity (Wildman–Crippen MR) is 102 cm³/mol. The van der Waals surface area contributed by atoms with Crippen molar-refractivity contribution in [3.8, 4) is 0 Å². The number of amides is 1. The maximum absolute atomic E-state index is 11.9. The van der Waals surface area contributed by atoms with E-state index in [0.717, 1.165) is 5.56 Å². The molecule has 2 aliphatic carbocycles. The first-order valence-corrected chi connectivity index (χ1v) is 11.4. The molecule has 3 rings (SSSR count). The molecule has 28 heavy (non-hydrogen) atoms. The highest BCUT2D eigenvalue weighted by Gasteiger charge is 2.60. The van der Waals surface area contributed by atoms with Crippen molar-refractivity contribution in [2.45, 2.75) is 41.4 Å². The van der Waals surface area contributed by atoms with Crippen LogP contribution in [0.2, 0.25) is 0 Å². The predicted octanol–water partition coefficient (Wildman–Crippen LogP) is 0.102. The molecule has 2 atom stereocenters. The van der Waals surface area contributed by atoms with Gasteiger partial charge in [0.05, 0.1) is 11.5 Å². The van der Waals surface area contributed by atoms with Crippen molar-refractivity contribution >= 4 is 26.0 Å². The van der Waals surface area contributed by atoms with Crippen LogP contribution < -0.4 is 10.5 Å². The van der Waals surface area contributed by atoms with Gasteiger partial charge in [0.25, 0.3) is 16.0 Å². The second-order valence-corrected chi connectivity index (χ2v) is 10.6. The van der Waals surface area contributed by atoms with Crippen molar-refractivity contribution in [3.05, 3.63) is 42.5 Å². The van der Waals surface area contributed by atoms with Gasteiger partial charge < -0.3 is 10.8 Å². The van der Waals surface area contributed by atoms with Gasteiger partial charge in [-0.3, -0.25) is 14.1 Å². The van der Waals surface area contributed by atoms with E-state index in [0.29, 0.717) is 19.3 Å². The van der Waals surface area contributed by atoms with Gasteiger partial charge in [-0.1, -0.05) is 23.8 Å². The quantitative estimate of drug-likeness (QED) is 0.363. The van der Waals surface area contributed by atoms with Crippen LogP contribution in [-0.2, 0) is 24.9 Å². The van der Waals surface area contributed by atoms with Gasteiger partial charge >= 0.3 is 0 Å². The molecule has 1 aromatic carbocycles. The van der Waals surface area contributed by atoms with E-state index in [-0.39, 0.29) is 10.8 Å². The number of carbonyl (C=O) groups excluding carboxylic acids is 1. The van der Waals surface area contributed by atoms with E-state index in [9.17, 15) is 21.6 Å². The summed E-state index contributed by atoms with van der Waals surface area (Å²) in [6.07, 6.45) is 2.69. The lowest BCUT2D eigenvalue weighted by Gasteiger charge is -2.17. The molecular weight excluding hydrogens is 408 g/mol. The lowest BCUT2D eigenvalue weighted by Crippen LogP contribution is -2.50. The molecule has 1 aromatic rings. The summed E-state index contributed by atoms with van der Waals surface area (Å²) in [5.41, 5.74) is 5.55. The van der Waals surface area contributed by atoms with Crippen LogP contribution in [0, 0.1) is 12.8 Å². The molecule has 0 aromatic heterocycles. The van der Waals surface area contributed by atoms with E-state index in [2.05, 4.69) is 6.58 Å². The molecule has 0 radical (unpaired) electrons. The molecule has 0 heterocycles. The fourth-order valence-corrected chi connectivity index (χ4v) is 4.49. The highest BCUT2D eigenvalue weighted by atomic mass is 32.2. The van der Waals surface area contributed by atoms with Crippen molar-refractivity contribution in [1.82, 2.24) is 4.72 Å². The van der Waals surface area contributed by atoms with E-state index in [1.807, 2.05) is 11.6 Å². The number of hydrogen-bond acceptors (Lipinski definition) is 7. The van der Waals surface area contributed by atoms with Gasteiger partial charge in [-0.15, -0.1) is 6.58 Å². The zero-order valence-electron chi connectivity index (χ0n) is 15.3. The summed E-state index contributed by atoms with van der Waals surface area (Å²) in [4.78, 5) is 11.7. The fraction of sp³-hybridized carbons (Fsp3) is 0.471. The molecular formula is C17H24N2O7S2. The van der Waals surface area contributed by atoms with Crippen LogP contribution in [-0.4, -0.2) is 49.3 Å². The largest absolute Gasteiger partial charge is 0.395 e. The van der Waals surface area contributed by atoms with Crippen molar-refractivity contribution in [2.24, 2.45) is 11.7 Å². The number of aliphatic hydroxyl groups is 1. The third kappa shape index (κ3) is 4.61. The van der Waals surface area contributed by atoms with E-state index in [4.69, 9.17) is 15.4 Å². The van der Waals surface area contributed by atoms with Crippen LogP contribution in [0.3, 0.4) is 0 Å². The number of nitrogens with one attached hydrogen (secondary N) is 1. The topological polar surface area (TPSA) is 164 Å². The number of carbonyl (C=O) groups is 1. The highest BCUT2D eigenvalue weighted by Crippen LogP contribution is 2.45. The molecule has 0 aliphatic heterocycles. The molecule has 0 spiro atoms. The first-order valence-electron chi connectivity index (χ1n) is 8.44. The maximum Gasteiger partial charge on any atom is 0.294 e. The van der Waals surface area contributed by atoms with E-state index < -0.39 is 42.9 Å². The van der Waals surface area contributed by atoms with Crippen molar-refractivity contribution in [1.29, 1.82) is 0 Å². The summed E-state index contributed by atoms with van der Waals surface area (Å²) in [6.45, 7) is 4.89. The number of nitrogens with two attached hydrogens (primary N) is 1. The van der Waals surface area contributed by atoms with Crippen LogP contribution in [0.15, 0.2) is 41.8 Å². The Labute approximate surface area is 164 Å². The Morgan fingerprint density at radius 1 is 1.29 bits per heavy atom. The lowest BCUT2D eigenvalue weighted by molar-refractivity contribution is -0.121. The third-order valence-electron chi connectivity index (χ3n) is 4.98. The number of rotatable bonds is 6. The van der Waals surface area contributed by atoms with Crippen LogP contribution in [0.25, 0.3) is 0 Å². The molecule has 2 aliphatic rings. The Balaban J connectivity index is 0.000000221. The Bertz CT molecular complexity index is 967. The molecule has 11 heteroatoms. The summed E-state index contributed by atoms with van der Waals surface area (Å²) in [7, 11) is -7.86. The van der Waals surface area contributed by atoms with E-state index >= 15 is 0 Å².